The van der Waals surface area contributed by atoms with Crippen LogP contribution >= 0.6 is 23.2 Å². The van der Waals surface area contributed by atoms with Gasteiger partial charge in [-0.1, -0.05) is 34.4 Å². The van der Waals surface area contributed by atoms with Crippen molar-refractivity contribution in [3.05, 3.63) is 55.7 Å². The lowest BCUT2D eigenvalue weighted by Crippen LogP contribution is -2.48. The van der Waals surface area contributed by atoms with Crippen LogP contribution in [0.1, 0.15) is 16.1 Å². The first-order valence-corrected chi connectivity index (χ1v) is 8.35. The van der Waals surface area contributed by atoms with Crippen molar-refractivity contribution in [2.24, 2.45) is 0 Å². The van der Waals surface area contributed by atoms with Gasteiger partial charge in [-0.15, -0.1) is 5.10 Å². The van der Waals surface area contributed by atoms with Crippen molar-refractivity contribution < 1.29 is 9.72 Å². The van der Waals surface area contributed by atoms with E-state index in [4.69, 9.17) is 23.2 Å². The number of hydrogen-bond donors (Lipinski definition) is 1. The molecular formula is C15H15Cl2N5O3. The summed E-state index contributed by atoms with van der Waals surface area (Å²) in [6, 6.07) is 6.69. The topological polar surface area (TPSA) is 95.4 Å². The van der Waals surface area contributed by atoms with Gasteiger partial charge in [0.05, 0.1) is 16.1 Å². The van der Waals surface area contributed by atoms with Gasteiger partial charge in [0.15, 0.2) is 5.69 Å². The Balaban J connectivity index is 1.56. The van der Waals surface area contributed by atoms with Crippen LogP contribution in [0, 0.1) is 10.1 Å². The second-order valence-electron chi connectivity index (χ2n) is 5.71. The number of rotatable bonds is 4. The van der Waals surface area contributed by atoms with Gasteiger partial charge < -0.3 is 15.0 Å². The molecule has 2 heterocycles. The van der Waals surface area contributed by atoms with Gasteiger partial charge in [-0.2, -0.15) is 0 Å². The Hall–Kier alpha value is -2.16. The summed E-state index contributed by atoms with van der Waals surface area (Å²) in [5.74, 6) is -0.597. The summed E-state index contributed by atoms with van der Waals surface area (Å²) in [4.78, 5) is 26.2. The number of nitrogens with one attached hydrogen (secondary N) is 1. The number of aromatic amines is 1. The van der Waals surface area contributed by atoms with Crippen molar-refractivity contribution in [3.63, 3.8) is 0 Å². The molecule has 1 N–H and O–H groups in total. The summed E-state index contributed by atoms with van der Waals surface area (Å²) in [6.07, 6.45) is 0. The summed E-state index contributed by atoms with van der Waals surface area (Å²) in [5.41, 5.74) is 1.11. The highest BCUT2D eigenvalue weighted by atomic mass is 35.5. The van der Waals surface area contributed by atoms with Gasteiger partial charge >= 0.3 is 5.82 Å². The molecule has 1 aromatic heterocycles. The zero-order chi connectivity index (χ0) is 18.0. The summed E-state index contributed by atoms with van der Waals surface area (Å²) < 4.78 is 0. The average Bonchev–Trinajstić information content (AvgIpc) is 3.09. The molecule has 3 rings (SSSR count). The number of benzene rings is 1. The summed E-state index contributed by atoms with van der Waals surface area (Å²) in [7, 11) is 0. The highest BCUT2D eigenvalue weighted by Gasteiger charge is 2.25. The molecule has 0 radical (unpaired) electrons. The number of amides is 1. The van der Waals surface area contributed by atoms with Crippen LogP contribution in [0.15, 0.2) is 24.3 Å². The Morgan fingerprint density at radius 1 is 1.20 bits per heavy atom. The predicted octanol–water partition coefficient (Wildman–Crippen LogP) is 2.58. The third-order valence-corrected chi connectivity index (χ3v) is 4.77. The first-order valence-electron chi connectivity index (χ1n) is 7.59. The monoisotopic (exact) mass is 383 g/mol. The van der Waals surface area contributed by atoms with Crippen molar-refractivity contribution >= 4 is 34.9 Å². The smallest absolute Gasteiger partial charge is 0.343 e. The maximum atomic E-state index is 12.4. The van der Waals surface area contributed by atoms with E-state index in [0.29, 0.717) is 42.8 Å². The fourth-order valence-corrected chi connectivity index (χ4v) is 3.00. The minimum absolute atomic E-state index is 0.0598. The predicted molar refractivity (Wildman–Crippen MR) is 92.9 cm³/mol. The molecule has 132 valence electrons. The van der Waals surface area contributed by atoms with Crippen LogP contribution in [0.25, 0.3) is 0 Å². The number of hydrogen-bond acceptors (Lipinski definition) is 5. The number of carbonyl (C=O) groups is 1. The van der Waals surface area contributed by atoms with E-state index in [1.54, 1.807) is 11.0 Å². The minimum atomic E-state index is -0.612. The van der Waals surface area contributed by atoms with Gasteiger partial charge in [0, 0.05) is 32.7 Å². The first-order chi connectivity index (χ1) is 11.9. The minimum Gasteiger partial charge on any atom is -0.358 e. The molecule has 2 aromatic rings. The third-order valence-electron chi connectivity index (χ3n) is 4.03. The van der Waals surface area contributed by atoms with Gasteiger partial charge in [0.25, 0.3) is 5.91 Å². The van der Waals surface area contributed by atoms with Gasteiger partial charge in [-0.3, -0.25) is 9.69 Å². The van der Waals surface area contributed by atoms with E-state index in [1.807, 2.05) is 12.1 Å². The number of nitrogens with zero attached hydrogens (tertiary/aromatic N) is 4. The van der Waals surface area contributed by atoms with E-state index >= 15 is 0 Å². The van der Waals surface area contributed by atoms with Crippen molar-refractivity contribution in [1.82, 2.24) is 20.0 Å². The molecule has 25 heavy (non-hydrogen) atoms. The SMILES string of the molecule is O=C(c1cc([N+](=O)[O-])[nH]n1)N1CCN(Cc2ccc(Cl)c(Cl)c2)CC1. The van der Waals surface area contributed by atoms with E-state index in [-0.39, 0.29) is 17.4 Å². The Labute approximate surface area is 153 Å². The molecule has 1 aromatic carbocycles. The van der Waals surface area contributed by atoms with E-state index in [0.717, 1.165) is 11.6 Å². The van der Waals surface area contributed by atoms with Crippen molar-refractivity contribution in [3.8, 4) is 0 Å². The van der Waals surface area contributed by atoms with E-state index < -0.39 is 4.92 Å². The van der Waals surface area contributed by atoms with Gasteiger partial charge in [-0.05, 0) is 22.6 Å². The average molecular weight is 384 g/mol. The molecule has 8 nitrogen and oxygen atoms in total. The van der Waals surface area contributed by atoms with Crippen LogP contribution in [0.2, 0.25) is 10.0 Å². The molecule has 0 bridgehead atoms. The Kier molecular flexibility index (Phi) is 5.22. The number of carbonyl (C=O) groups excluding carboxylic acids is 1. The number of halogens is 2. The number of piperazine rings is 1. The lowest BCUT2D eigenvalue weighted by molar-refractivity contribution is -0.389. The normalized spacial score (nSPS) is 15.4. The Morgan fingerprint density at radius 2 is 1.92 bits per heavy atom. The molecule has 1 amide bonds. The van der Waals surface area contributed by atoms with Crippen molar-refractivity contribution in [1.29, 1.82) is 0 Å². The van der Waals surface area contributed by atoms with Crippen LogP contribution in [-0.4, -0.2) is 57.0 Å². The van der Waals surface area contributed by atoms with E-state index in [1.165, 1.54) is 0 Å². The second-order valence-corrected chi connectivity index (χ2v) is 6.53. The van der Waals surface area contributed by atoms with E-state index in [2.05, 4.69) is 15.1 Å². The van der Waals surface area contributed by atoms with Crippen molar-refractivity contribution in [2.75, 3.05) is 26.2 Å². The van der Waals surface area contributed by atoms with Crippen LogP contribution in [0.4, 0.5) is 5.82 Å². The number of aromatic nitrogens is 2. The number of H-pyrrole nitrogens is 1. The molecule has 0 spiro atoms. The molecule has 10 heteroatoms. The molecule has 1 saturated heterocycles. The van der Waals surface area contributed by atoms with Crippen LogP contribution < -0.4 is 0 Å². The Bertz CT molecular complexity index is 802. The van der Waals surface area contributed by atoms with Crippen LogP contribution in [0.3, 0.4) is 0 Å². The van der Waals surface area contributed by atoms with Crippen LogP contribution in [-0.2, 0) is 6.54 Å². The fourth-order valence-electron chi connectivity index (χ4n) is 2.68. The molecule has 0 atom stereocenters. The molecule has 0 aliphatic carbocycles. The summed E-state index contributed by atoms with van der Waals surface area (Å²) in [6.45, 7) is 3.16. The van der Waals surface area contributed by atoms with Crippen LogP contribution in [0.5, 0.6) is 0 Å². The summed E-state index contributed by atoms with van der Waals surface area (Å²) >= 11 is 11.9. The maximum Gasteiger partial charge on any atom is 0.343 e. The largest absolute Gasteiger partial charge is 0.358 e. The van der Waals surface area contributed by atoms with Gasteiger partial charge in [0.1, 0.15) is 0 Å². The standard InChI is InChI=1S/C15H15Cl2N5O3/c16-11-2-1-10(7-12(11)17)9-20-3-5-21(6-4-20)15(23)13-8-14(19-18-13)22(24)25/h1-2,7-8H,3-6,9H2,(H,18,19). The lowest BCUT2D eigenvalue weighted by Gasteiger charge is -2.34. The Morgan fingerprint density at radius 3 is 2.52 bits per heavy atom. The molecule has 1 aliphatic rings. The van der Waals surface area contributed by atoms with Crippen molar-refractivity contribution in [2.45, 2.75) is 6.54 Å². The molecular weight excluding hydrogens is 369 g/mol. The zero-order valence-corrected chi connectivity index (χ0v) is 14.6. The molecule has 1 aliphatic heterocycles. The third kappa shape index (κ3) is 4.09. The fraction of sp³-hybridized carbons (Fsp3) is 0.333. The molecule has 1 fully saturated rings. The zero-order valence-electron chi connectivity index (χ0n) is 13.1. The highest BCUT2D eigenvalue weighted by molar-refractivity contribution is 6.42. The van der Waals surface area contributed by atoms with E-state index in [9.17, 15) is 14.9 Å². The maximum absolute atomic E-state index is 12.4. The molecule has 0 unspecified atom stereocenters. The highest BCUT2D eigenvalue weighted by Crippen LogP contribution is 2.23. The lowest BCUT2D eigenvalue weighted by atomic mass is 10.2. The quantitative estimate of drug-likeness (QED) is 0.646. The molecule has 0 saturated carbocycles. The summed E-state index contributed by atoms with van der Waals surface area (Å²) in [5, 5.41) is 17.7. The van der Waals surface area contributed by atoms with Gasteiger partial charge in [0.2, 0.25) is 0 Å². The first kappa shape index (κ1) is 17.7. The second kappa shape index (κ2) is 7.38. The van der Waals surface area contributed by atoms with Gasteiger partial charge in [-0.25, -0.2) is 0 Å². The number of nitro groups is 1.